The third-order valence-electron chi connectivity index (χ3n) is 4.91. The molecule has 0 N–H and O–H groups in total. The molecule has 0 fully saturated rings. The van der Waals surface area contributed by atoms with Crippen LogP contribution in [0.2, 0.25) is 0 Å². The van der Waals surface area contributed by atoms with E-state index < -0.39 is 17.4 Å². The van der Waals surface area contributed by atoms with E-state index in [4.69, 9.17) is 0 Å². The lowest BCUT2D eigenvalue weighted by atomic mass is 10.1. The maximum atomic E-state index is 13.1. The van der Waals surface area contributed by atoms with Gasteiger partial charge in [-0.15, -0.1) is 16.4 Å². The number of thiophene rings is 1. The average molecular weight is 436 g/mol. The highest BCUT2D eigenvalue weighted by molar-refractivity contribution is 7.17. The van der Waals surface area contributed by atoms with Crippen LogP contribution in [0.25, 0.3) is 16.0 Å². The maximum absolute atomic E-state index is 13.1. The van der Waals surface area contributed by atoms with E-state index in [1.54, 1.807) is 11.4 Å². The molecule has 30 heavy (non-hydrogen) atoms. The quantitative estimate of drug-likeness (QED) is 0.475. The van der Waals surface area contributed by atoms with Gasteiger partial charge >= 0.3 is 11.9 Å². The summed E-state index contributed by atoms with van der Waals surface area (Å²) in [4.78, 5) is 26.0. The molecular weight excluding hydrogens is 417 g/mol. The van der Waals surface area contributed by atoms with E-state index in [1.165, 1.54) is 32.4 Å². The Morgan fingerprint density at radius 3 is 2.63 bits per heavy atom. The standard InChI is InChI=1S/C20H19F3N4O2S/c1-12(2)6-8-25-17(28)16-15(7-9-30-16)27-18(25)24-26(19(27)29)11-13-4-3-5-14(10-13)20(21,22)23/h3-5,7,9-10,12H,6,8,11H2,1-2H3. The molecule has 10 heteroatoms. The molecule has 158 valence electrons. The van der Waals surface area contributed by atoms with Crippen molar-refractivity contribution in [1.29, 1.82) is 0 Å². The molecule has 4 aromatic rings. The van der Waals surface area contributed by atoms with Crippen LogP contribution < -0.4 is 11.2 Å². The molecule has 0 saturated heterocycles. The Morgan fingerprint density at radius 2 is 1.93 bits per heavy atom. The third-order valence-corrected chi connectivity index (χ3v) is 5.80. The molecule has 0 amide bonds. The van der Waals surface area contributed by atoms with Gasteiger partial charge in [0.2, 0.25) is 5.78 Å². The Morgan fingerprint density at radius 1 is 1.17 bits per heavy atom. The van der Waals surface area contributed by atoms with Crippen molar-refractivity contribution in [2.45, 2.75) is 39.5 Å². The molecule has 4 rings (SSSR count). The number of aromatic nitrogens is 4. The Labute approximate surface area is 172 Å². The molecule has 0 unspecified atom stereocenters. The SMILES string of the molecule is CC(C)CCn1c(=O)c2sccc2n2c(=O)n(Cc3cccc(C(F)(F)F)c3)nc12. The van der Waals surface area contributed by atoms with E-state index in [2.05, 4.69) is 5.10 Å². The van der Waals surface area contributed by atoms with Crippen molar-refractivity contribution in [3.8, 4) is 0 Å². The lowest BCUT2D eigenvalue weighted by molar-refractivity contribution is -0.137. The molecule has 0 aliphatic carbocycles. The van der Waals surface area contributed by atoms with E-state index in [1.807, 2.05) is 13.8 Å². The first-order valence-electron chi connectivity index (χ1n) is 9.42. The zero-order valence-electron chi connectivity index (χ0n) is 16.3. The average Bonchev–Trinajstić information content (AvgIpc) is 3.27. The Balaban J connectivity index is 1.87. The van der Waals surface area contributed by atoms with Crippen molar-refractivity contribution in [2.75, 3.05) is 0 Å². The monoisotopic (exact) mass is 436 g/mol. The zero-order valence-corrected chi connectivity index (χ0v) is 17.1. The molecule has 0 bridgehead atoms. The lowest BCUT2D eigenvalue weighted by Crippen LogP contribution is -2.26. The Kier molecular flexibility index (Phi) is 5.05. The largest absolute Gasteiger partial charge is 0.416 e. The number of hydrogen-bond acceptors (Lipinski definition) is 4. The molecule has 0 aliphatic rings. The van der Waals surface area contributed by atoms with Crippen LogP contribution in [-0.2, 0) is 19.3 Å². The van der Waals surface area contributed by atoms with Gasteiger partial charge in [-0.3, -0.25) is 9.36 Å². The van der Waals surface area contributed by atoms with Gasteiger partial charge in [0, 0.05) is 6.54 Å². The van der Waals surface area contributed by atoms with E-state index >= 15 is 0 Å². The van der Waals surface area contributed by atoms with E-state index in [9.17, 15) is 22.8 Å². The van der Waals surface area contributed by atoms with Gasteiger partial charge in [0.1, 0.15) is 4.70 Å². The molecule has 0 aliphatic heterocycles. The number of halogens is 3. The number of hydrogen-bond donors (Lipinski definition) is 0. The summed E-state index contributed by atoms with van der Waals surface area (Å²) in [6, 6.07) is 6.47. The summed E-state index contributed by atoms with van der Waals surface area (Å²) in [6.45, 7) is 4.33. The molecule has 0 radical (unpaired) electrons. The second-order valence-corrected chi connectivity index (χ2v) is 8.46. The number of nitrogens with zero attached hydrogens (tertiary/aromatic N) is 4. The molecule has 0 spiro atoms. The minimum atomic E-state index is -4.47. The first-order chi connectivity index (χ1) is 14.2. The van der Waals surface area contributed by atoms with Crippen LogP contribution in [0.5, 0.6) is 0 Å². The van der Waals surface area contributed by atoms with Crippen LogP contribution in [0.3, 0.4) is 0 Å². The molecule has 3 aromatic heterocycles. The van der Waals surface area contributed by atoms with E-state index in [-0.39, 0.29) is 17.9 Å². The fourth-order valence-corrected chi connectivity index (χ4v) is 4.17. The van der Waals surface area contributed by atoms with Crippen LogP contribution in [0, 0.1) is 5.92 Å². The van der Waals surface area contributed by atoms with Gasteiger partial charge in [0.15, 0.2) is 0 Å². The number of benzene rings is 1. The van der Waals surface area contributed by atoms with Crippen LogP contribution in [0.1, 0.15) is 31.4 Å². The summed E-state index contributed by atoms with van der Waals surface area (Å²) in [6.07, 6.45) is -3.75. The van der Waals surface area contributed by atoms with Crippen LogP contribution in [-0.4, -0.2) is 18.7 Å². The molecule has 6 nitrogen and oxygen atoms in total. The van der Waals surface area contributed by atoms with Gasteiger partial charge in [0.25, 0.3) is 5.56 Å². The van der Waals surface area contributed by atoms with Crippen molar-refractivity contribution < 1.29 is 13.2 Å². The van der Waals surface area contributed by atoms with Crippen molar-refractivity contribution in [2.24, 2.45) is 5.92 Å². The summed E-state index contributed by atoms with van der Waals surface area (Å²) in [5.41, 5.74) is -0.742. The van der Waals surface area contributed by atoms with Gasteiger partial charge in [-0.05, 0) is 41.5 Å². The summed E-state index contributed by atoms with van der Waals surface area (Å²) in [5, 5.41) is 6.05. The van der Waals surface area contributed by atoms with Gasteiger partial charge in [-0.25, -0.2) is 13.9 Å². The first-order valence-corrected chi connectivity index (χ1v) is 10.3. The predicted molar refractivity (Wildman–Crippen MR) is 109 cm³/mol. The fourth-order valence-electron chi connectivity index (χ4n) is 3.34. The molecule has 3 heterocycles. The van der Waals surface area contributed by atoms with Crippen molar-refractivity contribution >= 4 is 27.3 Å². The molecular formula is C20H19F3N4O2S. The second-order valence-electron chi connectivity index (χ2n) is 7.55. The summed E-state index contributed by atoms with van der Waals surface area (Å²) in [5.74, 6) is 0.540. The van der Waals surface area contributed by atoms with Crippen LogP contribution >= 0.6 is 11.3 Å². The topological polar surface area (TPSA) is 61.3 Å². The first kappa shape index (κ1) is 20.4. The molecule has 1 aromatic carbocycles. The molecule has 0 atom stereocenters. The smallest absolute Gasteiger partial charge is 0.276 e. The van der Waals surface area contributed by atoms with Crippen molar-refractivity contribution in [3.63, 3.8) is 0 Å². The number of rotatable bonds is 5. The predicted octanol–water partition coefficient (Wildman–Crippen LogP) is 3.99. The second kappa shape index (κ2) is 7.42. The molecule has 0 saturated carbocycles. The van der Waals surface area contributed by atoms with Gasteiger partial charge in [-0.1, -0.05) is 26.0 Å². The summed E-state index contributed by atoms with van der Waals surface area (Å²) < 4.78 is 43.4. The van der Waals surface area contributed by atoms with E-state index in [0.29, 0.717) is 28.2 Å². The fraction of sp³-hybridized carbons (Fsp3) is 0.350. The lowest BCUT2D eigenvalue weighted by Gasteiger charge is -2.09. The highest BCUT2D eigenvalue weighted by atomic mass is 32.1. The Hall–Kier alpha value is -2.88. The van der Waals surface area contributed by atoms with Crippen molar-refractivity contribution in [3.05, 3.63) is 67.7 Å². The van der Waals surface area contributed by atoms with E-state index in [0.717, 1.165) is 23.2 Å². The summed E-state index contributed by atoms with van der Waals surface area (Å²) in [7, 11) is 0. The summed E-state index contributed by atoms with van der Waals surface area (Å²) >= 11 is 1.25. The minimum absolute atomic E-state index is 0.131. The minimum Gasteiger partial charge on any atom is -0.276 e. The number of alkyl halides is 3. The van der Waals surface area contributed by atoms with Crippen LogP contribution in [0.4, 0.5) is 13.2 Å². The highest BCUT2D eigenvalue weighted by Gasteiger charge is 2.30. The zero-order chi connectivity index (χ0) is 21.6. The van der Waals surface area contributed by atoms with Gasteiger partial charge in [0.05, 0.1) is 17.6 Å². The normalized spacial score (nSPS) is 12.5. The Bertz CT molecular complexity index is 1340. The van der Waals surface area contributed by atoms with Crippen molar-refractivity contribution in [1.82, 2.24) is 18.7 Å². The maximum Gasteiger partial charge on any atom is 0.416 e. The highest BCUT2D eigenvalue weighted by Crippen LogP contribution is 2.29. The van der Waals surface area contributed by atoms with Crippen LogP contribution in [0.15, 0.2) is 45.3 Å². The number of aryl methyl sites for hydroxylation is 1. The van der Waals surface area contributed by atoms with Gasteiger partial charge in [-0.2, -0.15) is 13.2 Å². The third kappa shape index (κ3) is 3.55. The van der Waals surface area contributed by atoms with Gasteiger partial charge < -0.3 is 0 Å². The number of fused-ring (bicyclic) bond motifs is 3.